The van der Waals surface area contributed by atoms with E-state index in [9.17, 15) is 0 Å². The van der Waals surface area contributed by atoms with Gasteiger partial charge in [-0.05, 0) is 31.0 Å². The van der Waals surface area contributed by atoms with Crippen molar-refractivity contribution in [1.82, 2.24) is 15.3 Å². The number of nitrogens with zero attached hydrogens (tertiary/aromatic N) is 1. The van der Waals surface area contributed by atoms with Crippen molar-refractivity contribution in [3.63, 3.8) is 0 Å². The number of nitrogens with one attached hydrogen (secondary N) is 2. The second-order valence-corrected chi connectivity index (χ2v) is 8.18. The van der Waals surface area contributed by atoms with E-state index in [1.165, 1.54) is 0 Å². The summed E-state index contributed by atoms with van der Waals surface area (Å²) in [5.74, 6) is 1.95. The standard InChI is InChI=1S/C26H31N3O3/c1-4-18(2)14-23(27-3)26-29-24(17-31-30-16-19-10-6-5-7-11-19)25(32-26)21-15-28-22-13-9-8-12-20(21)22/h5-13,15,18,23,27-28H,4,14,16-17H2,1-3H3/t18-,23?/m0/s1. The maximum Gasteiger partial charge on any atom is 0.212 e. The Balaban J connectivity index is 1.58. The van der Waals surface area contributed by atoms with E-state index in [1.807, 2.05) is 55.7 Å². The van der Waals surface area contributed by atoms with Gasteiger partial charge in [-0.15, -0.1) is 0 Å². The van der Waals surface area contributed by atoms with Crippen LogP contribution < -0.4 is 5.32 Å². The molecule has 0 aliphatic heterocycles. The highest BCUT2D eigenvalue weighted by atomic mass is 17.2. The lowest BCUT2D eigenvalue weighted by Crippen LogP contribution is -2.19. The quantitative estimate of drug-likeness (QED) is 0.168. The van der Waals surface area contributed by atoms with Gasteiger partial charge in [0.05, 0.1) is 6.04 Å². The van der Waals surface area contributed by atoms with Crippen LogP contribution >= 0.6 is 0 Å². The van der Waals surface area contributed by atoms with Gasteiger partial charge in [0.2, 0.25) is 5.89 Å². The SMILES string of the molecule is CC[C@H](C)CC(NC)c1nc(COOCc2ccccc2)c(-c2c[nH]c3ccccc23)o1. The number of benzene rings is 2. The summed E-state index contributed by atoms with van der Waals surface area (Å²) in [6.07, 6.45) is 4.02. The highest BCUT2D eigenvalue weighted by molar-refractivity contribution is 5.94. The summed E-state index contributed by atoms with van der Waals surface area (Å²) in [6, 6.07) is 18.1. The molecule has 4 rings (SSSR count). The Kier molecular flexibility index (Phi) is 7.37. The number of para-hydroxylation sites is 1. The molecule has 2 heterocycles. The number of hydrogen-bond donors (Lipinski definition) is 2. The molecule has 6 heteroatoms. The number of fused-ring (bicyclic) bond motifs is 1. The largest absolute Gasteiger partial charge is 0.439 e. The summed E-state index contributed by atoms with van der Waals surface area (Å²) in [5, 5.41) is 4.45. The fourth-order valence-corrected chi connectivity index (χ4v) is 3.78. The van der Waals surface area contributed by atoms with Crippen molar-refractivity contribution in [3.05, 3.63) is 77.9 Å². The van der Waals surface area contributed by atoms with E-state index >= 15 is 0 Å². The van der Waals surface area contributed by atoms with E-state index in [1.54, 1.807) is 0 Å². The first-order valence-electron chi connectivity index (χ1n) is 11.2. The summed E-state index contributed by atoms with van der Waals surface area (Å²) in [5.41, 5.74) is 3.80. The first kappa shape index (κ1) is 22.3. The molecule has 32 heavy (non-hydrogen) atoms. The van der Waals surface area contributed by atoms with Crippen LogP contribution in [0, 0.1) is 5.92 Å². The molecule has 168 valence electrons. The molecule has 0 spiro atoms. The van der Waals surface area contributed by atoms with Gasteiger partial charge in [-0.1, -0.05) is 68.8 Å². The molecule has 2 aromatic carbocycles. The van der Waals surface area contributed by atoms with E-state index in [0.717, 1.165) is 40.6 Å². The van der Waals surface area contributed by atoms with Crippen LogP contribution in [0.5, 0.6) is 0 Å². The maximum absolute atomic E-state index is 6.35. The number of rotatable bonds is 11. The van der Waals surface area contributed by atoms with Gasteiger partial charge in [0.1, 0.15) is 18.9 Å². The van der Waals surface area contributed by atoms with Crippen LogP contribution in [-0.2, 0) is 23.0 Å². The molecule has 0 saturated carbocycles. The zero-order valence-electron chi connectivity index (χ0n) is 18.9. The Labute approximate surface area is 188 Å². The molecule has 0 fully saturated rings. The Morgan fingerprint density at radius 1 is 1.03 bits per heavy atom. The van der Waals surface area contributed by atoms with Crippen molar-refractivity contribution in [2.24, 2.45) is 5.92 Å². The van der Waals surface area contributed by atoms with Crippen LogP contribution in [0.15, 0.2) is 65.2 Å². The third kappa shape index (κ3) is 5.10. The fraction of sp³-hybridized carbons (Fsp3) is 0.346. The molecule has 1 unspecified atom stereocenters. The van der Waals surface area contributed by atoms with Crippen molar-refractivity contribution in [1.29, 1.82) is 0 Å². The van der Waals surface area contributed by atoms with Gasteiger partial charge in [-0.3, -0.25) is 0 Å². The van der Waals surface area contributed by atoms with Crippen LogP contribution in [0.4, 0.5) is 0 Å². The van der Waals surface area contributed by atoms with Crippen molar-refractivity contribution in [2.45, 2.75) is 45.9 Å². The molecule has 6 nitrogen and oxygen atoms in total. The summed E-state index contributed by atoms with van der Waals surface area (Å²) in [4.78, 5) is 19.2. The van der Waals surface area contributed by atoms with Crippen molar-refractivity contribution >= 4 is 10.9 Å². The van der Waals surface area contributed by atoms with Crippen molar-refractivity contribution in [3.8, 4) is 11.3 Å². The zero-order chi connectivity index (χ0) is 22.3. The molecule has 2 atom stereocenters. The lowest BCUT2D eigenvalue weighted by Gasteiger charge is -2.16. The van der Waals surface area contributed by atoms with Gasteiger partial charge in [0.25, 0.3) is 0 Å². The van der Waals surface area contributed by atoms with Gasteiger partial charge < -0.3 is 14.7 Å². The molecule has 4 aromatic rings. The second kappa shape index (κ2) is 10.6. The predicted octanol–water partition coefficient (Wildman–Crippen LogP) is 6.17. The zero-order valence-corrected chi connectivity index (χ0v) is 18.9. The van der Waals surface area contributed by atoms with E-state index in [4.69, 9.17) is 19.2 Å². The Hall–Kier alpha value is -2.93. The minimum atomic E-state index is 0.0351. The molecular formula is C26H31N3O3. The summed E-state index contributed by atoms with van der Waals surface area (Å²) < 4.78 is 6.35. The highest BCUT2D eigenvalue weighted by Crippen LogP contribution is 2.34. The van der Waals surface area contributed by atoms with Gasteiger partial charge in [0.15, 0.2) is 5.76 Å². The Morgan fingerprint density at radius 2 is 1.78 bits per heavy atom. The van der Waals surface area contributed by atoms with Crippen LogP contribution in [0.1, 0.15) is 49.9 Å². The summed E-state index contributed by atoms with van der Waals surface area (Å²) in [7, 11) is 1.95. The van der Waals surface area contributed by atoms with E-state index in [0.29, 0.717) is 24.2 Å². The number of H-pyrrole nitrogens is 1. The van der Waals surface area contributed by atoms with Gasteiger partial charge >= 0.3 is 0 Å². The van der Waals surface area contributed by atoms with Crippen LogP contribution in [0.2, 0.25) is 0 Å². The van der Waals surface area contributed by atoms with Crippen LogP contribution in [-0.4, -0.2) is 17.0 Å². The number of aromatic amines is 1. The van der Waals surface area contributed by atoms with E-state index in [2.05, 4.69) is 36.3 Å². The lowest BCUT2D eigenvalue weighted by atomic mass is 9.99. The highest BCUT2D eigenvalue weighted by Gasteiger charge is 2.24. The Morgan fingerprint density at radius 3 is 2.56 bits per heavy atom. The average Bonchev–Trinajstić information content (AvgIpc) is 3.45. The molecule has 0 saturated heterocycles. The van der Waals surface area contributed by atoms with Crippen molar-refractivity contribution in [2.75, 3.05) is 7.05 Å². The number of oxazole rings is 1. The molecule has 0 amide bonds. The molecular weight excluding hydrogens is 402 g/mol. The van der Waals surface area contributed by atoms with E-state index < -0.39 is 0 Å². The molecule has 2 N–H and O–H groups in total. The number of hydrogen-bond acceptors (Lipinski definition) is 5. The lowest BCUT2D eigenvalue weighted by molar-refractivity contribution is -0.313. The second-order valence-electron chi connectivity index (χ2n) is 8.18. The van der Waals surface area contributed by atoms with Gasteiger partial charge in [0, 0.05) is 22.7 Å². The van der Waals surface area contributed by atoms with Gasteiger partial charge in [-0.25, -0.2) is 14.8 Å². The first-order valence-corrected chi connectivity index (χ1v) is 11.2. The predicted molar refractivity (Wildman–Crippen MR) is 126 cm³/mol. The van der Waals surface area contributed by atoms with Gasteiger partial charge in [-0.2, -0.15) is 0 Å². The third-order valence-corrected chi connectivity index (χ3v) is 5.88. The first-order chi connectivity index (χ1) is 15.7. The van der Waals surface area contributed by atoms with Crippen LogP contribution in [0.25, 0.3) is 22.2 Å². The smallest absolute Gasteiger partial charge is 0.212 e. The molecule has 2 aromatic heterocycles. The minimum Gasteiger partial charge on any atom is -0.439 e. The summed E-state index contributed by atoms with van der Waals surface area (Å²) >= 11 is 0. The maximum atomic E-state index is 6.35. The normalized spacial score (nSPS) is 13.5. The Bertz CT molecular complexity index is 1120. The minimum absolute atomic E-state index is 0.0351. The fourth-order valence-electron chi connectivity index (χ4n) is 3.78. The molecule has 0 radical (unpaired) electrons. The van der Waals surface area contributed by atoms with Crippen molar-refractivity contribution < 1.29 is 14.2 Å². The topological polar surface area (TPSA) is 72.3 Å². The molecule has 0 aliphatic carbocycles. The third-order valence-electron chi connectivity index (χ3n) is 5.88. The summed E-state index contributed by atoms with van der Waals surface area (Å²) in [6.45, 7) is 5.02. The molecule has 0 aliphatic rings. The molecule has 0 bridgehead atoms. The van der Waals surface area contributed by atoms with Crippen LogP contribution in [0.3, 0.4) is 0 Å². The number of aromatic nitrogens is 2. The average molecular weight is 434 g/mol. The van der Waals surface area contributed by atoms with E-state index in [-0.39, 0.29) is 12.6 Å². The monoisotopic (exact) mass is 433 g/mol.